The maximum absolute atomic E-state index is 11.6. The Morgan fingerprint density at radius 3 is 2.38 bits per heavy atom. The molecule has 16 heavy (non-hydrogen) atoms. The molecule has 92 valence electrons. The van der Waals surface area contributed by atoms with Crippen LogP contribution in [0.15, 0.2) is 0 Å². The summed E-state index contributed by atoms with van der Waals surface area (Å²) in [5, 5.41) is 7.95. The first-order valence-corrected chi connectivity index (χ1v) is 5.83. The molecule has 0 aromatic rings. The number of urea groups is 1. The molecule has 1 fully saturated rings. The van der Waals surface area contributed by atoms with Crippen molar-refractivity contribution >= 4 is 11.9 Å². The van der Waals surface area contributed by atoms with E-state index in [0.717, 1.165) is 19.3 Å². The van der Waals surface area contributed by atoms with Crippen molar-refractivity contribution in [3.05, 3.63) is 0 Å². The maximum atomic E-state index is 11.6. The summed E-state index contributed by atoms with van der Waals surface area (Å²) in [5.41, 5.74) is 0.111. The molecule has 1 atom stereocenters. The Morgan fingerprint density at radius 1 is 1.38 bits per heavy atom. The lowest BCUT2D eigenvalue weighted by molar-refractivity contribution is -0.122. The van der Waals surface area contributed by atoms with E-state index in [9.17, 15) is 9.59 Å². The largest absolute Gasteiger partial charge is 0.341 e. The standard InChI is InChI=1S/C11H21N3O2/c1-4-11(6-5-7-11)14-8(2)9(15)13-10(16)12-3/h8,14H,4-7H2,1-3H3,(H2,12,13,15,16). The second-order valence-corrected chi connectivity index (χ2v) is 4.42. The van der Waals surface area contributed by atoms with Gasteiger partial charge in [0, 0.05) is 12.6 Å². The molecule has 0 saturated heterocycles. The monoisotopic (exact) mass is 227 g/mol. The van der Waals surface area contributed by atoms with Crippen LogP contribution in [-0.2, 0) is 4.79 Å². The molecular weight excluding hydrogens is 206 g/mol. The number of carbonyl (C=O) groups excluding carboxylic acids is 2. The van der Waals surface area contributed by atoms with Crippen LogP contribution in [0, 0.1) is 0 Å². The van der Waals surface area contributed by atoms with Gasteiger partial charge in [-0.25, -0.2) is 4.79 Å². The molecule has 5 heteroatoms. The number of nitrogens with one attached hydrogen (secondary N) is 3. The zero-order chi connectivity index (χ0) is 12.2. The minimum atomic E-state index is -0.460. The number of amides is 3. The fraction of sp³-hybridized carbons (Fsp3) is 0.818. The molecule has 1 aliphatic rings. The van der Waals surface area contributed by atoms with E-state index in [1.54, 1.807) is 6.92 Å². The van der Waals surface area contributed by atoms with Crippen LogP contribution in [0.1, 0.15) is 39.5 Å². The number of hydrogen-bond donors (Lipinski definition) is 3. The lowest BCUT2D eigenvalue weighted by Gasteiger charge is -2.43. The molecule has 0 aromatic heterocycles. The Morgan fingerprint density at radius 2 is 2.00 bits per heavy atom. The first kappa shape index (κ1) is 13.0. The minimum absolute atomic E-state index is 0.111. The lowest BCUT2D eigenvalue weighted by Crippen LogP contribution is -2.58. The predicted molar refractivity (Wildman–Crippen MR) is 62.1 cm³/mol. The lowest BCUT2D eigenvalue weighted by atomic mass is 9.74. The topological polar surface area (TPSA) is 70.2 Å². The molecule has 3 N–H and O–H groups in total. The number of imide groups is 1. The average molecular weight is 227 g/mol. The SMILES string of the molecule is CCC1(NC(C)C(=O)NC(=O)NC)CCC1. The Kier molecular flexibility index (Phi) is 4.29. The number of carbonyl (C=O) groups is 2. The fourth-order valence-corrected chi connectivity index (χ4v) is 2.01. The van der Waals surface area contributed by atoms with Crippen LogP contribution in [0.25, 0.3) is 0 Å². The third-order valence-corrected chi connectivity index (χ3v) is 3.37. The van der Waals surface area contributed by atoms with Crippen LogP contribution in [-0.4, -0.2) is 30.6 Å². The summed E-state index contributed by atoms with van der Waals surface area (Å²) in [6.07, 6.45) is 4.46. The van der Waals surface area contributed by atoms with Gasteiger partial charge in [-0.1, -0.05) is 6.92 Å². The van der Waals surface area contributed by atoms with Crippen molar-refractivity contribution < 1.29 is 9.59 Å². The van der Waals surface area contributed by atoms with Crippen LogP contribution in [0.2, 0.25) is 0 Å². The minimum Gasteiger partial charge on any atom is -0.341 e. The van der Waals surface area contributed by atoms with E-state index >= 15 is 0 Å². The van der Waals surface area contributed by atoms with Gasteiger partial charge in [0.1, 0.15) is 0 Å². The van der Waals surface area contributed by atoms with Crippen molar-refractivity contribution in [3.63, 3.8) is 0 Å². The molecule has 0 heterocycles. The molecule has 3 amide bonds. The van der Waals surface area contributed by atoms with Gasteiger partial charge in [-0.2, -0.15) is 0 Å². The second kappa shape index (κ2) is 5.30. The van der Waals surface area contributed by atoms with Crippen molar-refractivity contribution in [2.24, 2.45) is 0 Å². The zero-order valence-electron chi connectivity index (χ0n) is 10.2. The quantitative estimate of drug-likeness (QED) is 0.664. The van der Waals surface area contributed by atoms with Gasteiger partial charge in [-0.15, -0.1) is 0 Å². The Labute approximate surface area is 96.4 Å². The third-order valence-electron chi connectivity index (χ3n) is 3.37. The predicted octanol–water partition coefficient (Wildman–Crippen LogP) is 0.753. The summed E-state index contributed by atoms with van der Waals surface area (Å²) in [6.45, 7) is 3.91. The van der Waals surface area contributed by atoms with Gasteiger partial charge in [-0.3, -0.25) is 10.1 Å². The summed E-state index contributed by atoms with van der Waals surface area (Å²) < 4.78 is 0. The van der Waals surface area contributed by atoms with Gasteiger partial charge in [0.25, 0.3) is 0 Å². The number of hydrogen-bond acceptors (Lipinski definition) is 3. The Balaban J connectivity index is 2.42. The van der Waals surface area contributed by atoms with Crippen molar-refractivity contribution in [1.29, 1.82) is 0 Å². The van der Waals surface area contributed by atoms with Crippen LogP contribution >= 0.6 is 0 Å². The van der Waals surface area contributed by atoms with Gasteiger partial charge in [-0.05, 0) is 32.6 Å². The molecule has 0 spiro atoms. The highest BCUT2D eigenvalue weighted by atomic mass is 16.2. The molecule has 5 nitrogen and oxygen atoms in total. The fourth-order valence-electron chi connectivity index (χ4n) is 2.01. The first-order chi connectivity index (χ1) is 7.53. The normalized spacial score (nSPS) is 19.4. The van der Waals surface area contributed by atoms with Gasteiger partial charge < -0.3 is 10.6 Å². The second-order valence-electron chi connectivity index (χ2n) is 4.42. The maximum Gasteiger partial charge on any atom is 0.321 e. The van der Waals surface area contributed by atoms with Crippen molar-refractivity contribution in [2.75, 3.05) is 7.05 Å². The summed E-state index contributed by atoms with van der Waals surface area (Å²) in [7, 11) is 1.49. The highest BCUT2D eigenvalue weighted by Gasteiger charge is 2.37. The van der Waals surface area contributed by atoms with Crippen molar-refractivity contribution in [3.8, 4) is 0 Å². The highest BCUT2D eigenvalue weighted by Crippen LogP contribution is 2.34. The summed E-state index contributed by atoms with van der Waals surface area (Å²) >= 11 is 0. The Hall–Kier alpha value is -1.10. The van der Waals surface area contributed by atoms with Gasteiger partial charge >= 0.3 is 6.03 Å². The van der Waals surface area contributed by atoms with Crippen LogP contribution < -0.4 is 16.0 Å². The van der Waals surface area contributed by atoms with Gasteiger partial charge in [0.15, 0.2) is 0 Å². The highest BCUT2D eigenvalue weighted by molar-refractivity contribution is 5.96. The molecule has 0 aromatic carbocycles. The van der Waals surface area contributed by atoms with Crippen LogP contribution in [0.4, 0.5) is 4.79 Å². The molecule has 1 aliphatic carbocycles. The van der Waals surface area contributed by atoms with E-state index in [1.807, 2.05) is 0 Å². The van der Waals surface area contributed by atoms with E-state index in [4.69, 9.17) is 0 Å². The van der Waals surface area contributed by atoms with Crippen molar-refractivity contribution in [2.45, 2.75) is 51.1 Å². The van der Waals surface area contributed by atoms with E-state index in [-0.39, 0.29) is 17.5 Å². The smallest absolute Gasteiger partial charge is 0.321 e. The van der Waals surface area contributed by atoms with E-state index in [0.29, 0.717) is 0 Å². The molecular formula is C11H21N3O2. The zero-order valence-corrected chi connectivity index (χ0v) is 10.2. The Bertz CT molecular complexity index is 269. The first-order valence-electron chi connectivity index (χ1n) is 5.83. The summed E-state index contributed by atoms with van der Waals surface area (Å²) in [4.78, 5) is 22.6. The summed E-state index contributed by atoms with van der Waals surface area (Å²) in [6, 6.07) is -0.796. The third kappa shape index (κ3) is 2.95. The van der Waals surface area contributed by atoms with E-state index in [2.05, 4.69) is 22.9 Å². The molecule has 0 aliphatic heterocycles. The molecule has 1 unspecified atom stereocenters. The molecule has 0 radical (unpaired) electrons. The summed E-state index contributed by atoms with van der Waals surface area (Å²) in [5.74, 6) is -0.279. The van der Waals surface area contributed by atoms with Crippen molar-refractivity contribution in [1.82, 2.24) is 16.0 Å². The van der Waals surface area contributed by atoms with Crippen LogP contribution in [0.5, 0.6) is 0 Å². The number of rotatable bonds is 4. The van der Waals surface area contributed by atoms with Gasteiger partial charge in [0.2, 0.25) is 5.91 Å². The molecule has 1 rings (SSSR count). The van der Waals surface area contributed by atoms with Crippen LogP contribution in [0.3, 0.4) is 0 Å². The van der Waals surface area contributed by atoms with E-state index < -0.39 is 6.03 Å². The average Bonchev–Trinajstić information content (AvgIpc) is 2.22. The van der Waals surface area contributed by atoms with Gasteiger partial charge in [0.05, 0.1) is 6.04 Å². The molecule has 1 saturated carbocycles. The molecule has 0 bridgehead atoms. The van der Waals surface area contributed by atoms with E-state index in [1.165, 1.54) is 13.5 Å².